The minimum Gasteiger partial charge on any atom is -0.457 e. The molecule has 0 saturated carbocycles. The van der Waals surface area contributed by atoms with E-state index in [1.165, 1.54) is 6.08 Å². The Morgan fingerprint density at radius 1 is 1.07 bits per heavy atom. The van der Waals surface area contributed by atoms with Crippen LogP contribution < -0.4 is 5.32 Å². The van der Waals surface area contributed by atoms with Crippen molar-refractivity contribution in [1.82, 2.24) is 0 Å². The number of anilines is 1. The number of carbonyl (C=O) groups excluding carboxylic acids is 1. The first kappa shape index (κ1) is 20.0. The van der Waals surface area contributed by atoms with Crippen LogP contribution in [-0.2, 0) is 4.79 Å². The minimum absolute atomic E-state index is 0.102. The van der Waals surface area contributed by atoms with E-state index in [1.54, 1.807) is 55.5 Å². The van der Waals surface area contributed by atoms with Crippen LogP contribution in [0.2, 0.25) is 15.1 Å². The summed E-state index contributed by atoms with van der Waals surface area (Å²) in [6.07, 6.45) is 1.37. The largest absolute Gasteiger partial charge is 0.457 e. The van der Waals surface area contributed by atoms with Gasteiger partial charge in [0.25, 0.3) is 5.91 Å². The molecule has 0 atom stereocenters. The molecule has 28 heavy (non-hydrogen) atoms. The highest BCUT2D eigenvalue weighted by Crippen LogP contribution is 2.30. The zero-order valence-corrected chi connectivity index (χ0v) is 16.9. The molecule has 3 rings (SSSR count). The lowest BCUT2D eigenvalue weighted by Crippen LogP contribution is -2.14. The first-order valence-electron chi connectivity index (χ1n) is 8.12. The SMILES string of the molecule is Cc1c(Cl)cccc1NC(=O)/C(C#N)=C/c1ccc(-c2ccc(Cl)c(Cl)c2)o1. The fourth-order valence-corrected chi connectivity index (χ4v) is 2.93. The van der Waals surface area contributed by atoms with Crippen LogP contribution >= 0.6 is 34.8 Å². The van der Waals surface area contributed by atoms with Crippen LogP contribution in [0.15, 0.2) is 58.5 Å². The van der Waals surface area contributed by atoms with Crippen molar-refractivity contribution in [3.8, 4) is 17.4 Å². The molecule has 1 N–H and O–H groups in total. The molecule has 0 aliphatic rings. The molecular formula is C21H13Cl3N2O2. The van der Waals surface area contributed by atoms with E-state index in [0.29, 0.717) is 32.3 Å². The lowest BCUT2D eigenvalue weighted by molar-refractivity contribution is -0.112. The molecule has 0 fully saturated rings. The third kappa shape index (κ3) is 4.40. The summed E-state index contributed by atoms with van der Waals surface area (Å²) in [5, 5.41) is 13.4. The van der Waals surface area contributed by atoms with Gasteiger partial charge in [0.2, 0.25) is 0 Å². The summed E-state index contributed by atoms with van der Waals surface area (Å²) in [6, 6.07) is 15.5. The lowest BCUT2D eigenvalue weighted by atomic mass is 10.1. The number of hydrogen-bond donors (Lipinski definition) is 1. The Bertz CT molecular complexity index is 1130. The molecule has 7 heteroatoms. The second-order valence-corrected chi connectivity index (χ2v) is 7.09. The van der Waals surface area contributed by atoms with Crippen LogP contribution in [0.3, 0.4) is 0 Å². The van der Waals surface area contributed by atoms with Gasteiger partial charge in [-0.2, -0.15) is 5.26 Å². The first-order chi connectivity index (χ1) is 13.4. The second kappa shape index (κ2) is 8.53. The van der Waals surface area contributed by atoms with E-state index in [4.69, 9.17) is 39.2 Å². The third-order valence-corrected chi connectivity index (χ3v) is 5.15. The molecule has 4 nitrogen and oxygen atoms in total. The maximum Gasteiger partial charge on any atom is 0.266 e. The molecule has 0 bridgehead atoms. The molecule has 3 aromatic rings. The van der Waals surface area contributed by atoms with Crippen molar-refractivity contribution in [3.63, 3.8) is 0 Å². The van der Waals surface area contributed by atoms with Gasteiger partial charge in [-0.3, -0.25) is 4.79 Å². The monoisotopic (exact) mass is 430 g/mol. The highest BCUT2D eigenvalue weighted by atomic mass is 35.5. The average Bonchev–Trinajstić information content (AvgIpc) is 3.14. The van der Waals surface area contributed by atoms with Crippen LogP contribution in [0.4, 0.5) is 5.69 Å². The predicted octanol–water partition coefficient (Wildman–Crippen LogP) is 6.76. The van der Waals surface area contributed by atoms with Crippen LogP contribution in [0.25, 0.3) is 17.4 Å². The summed E-state index contributed by atoms with van der Waals surface area (Å²) in [6.45, 7) is 1.78. The molecule has 1 heterocycles. The number of benzene rings is 2. The average molecular weight is 432 g/mol. The van der Waals surface area contributed by atoms with E-state index in [9.17, 15) is 10.1 Å². The standard InChI is InChI=1S/C21H13Cl3N2O2/c1-12-16(22)3-2-4-19(12)26-21(27)14(11-25)9-15-6-8-20(28-15)13-5-7-17(23)18(24)10-13/h2-10H,1H3,(H,26,27)/b14-9+. The van der Waals surface area contributed by atoms with Gasteiger partial charge in [0.15, 0.2) is 0 Å². The highest BCUT2D eigenvalue weighted by molar-refractivity contribution is 6.42. The van der Waals surface area contributed by atoms with Crippen molar-refractivity contribution in [2.24, 2.45) is 0 Å². The molecule has 0 aliphatic heterocycles. The molecule has 0 unspecified atom stereocenters. The summed E-state index contributed by atoms with van der Waals surface area (Å²) in [7, 11) is 0. The topological polar surface area (TPSA) is 66.0 Å². The van der Waals surface area contributed by atoms with Crippen molar-refractivity contribution in [2.45, 2.75) is 6.92 Å². The van der Waals surface area contributed by atoms with Gasteiger partial charge in [-0.05, 0) is 55.0 Å². The van der Waals surface area contributed by atoms with Crippen molar-refractivity contribution in [3.05, 3.63) is 80.5 Å². The van der Waals surface area contributed by atoms with Crippen LogP contribution in [0.5, 0.6) is 0 Å². The molecule has 0 spiro atoms. The molecule has 0 radical (unpaired) electrons. The Kier molecular flexibility index (Phi) is 6.11. The molecular weight excluding hydrogens is 419 g/mol. The Hall–Kier alpha value is -2.71. The van der Waals surface area contributed by atoms with Gasteiger partial charge >= 0.3 is 0 Å². The van der Waals surface area contributed by atoms with E-state index >= 15 is 0 Å². The summed E-state index contributed by atoms with van der Waals surface area (Å²) in [4.78, 5) is 12.5. The highest BCUT2D eigenvalue weighted by Gasteiger charge is 2.13. The molecule has 0 aliphatic carbocycles. The van der Waals surface area contributed by atoms with E-state index < -0.39 is 5.91 Å². The summed E-state index contributed by atoms with van der Waals surface area (Å²) < 4.78 is 5.71. The maximum absolute atomic E-state index is 12.5. The van der Waals surface area contributed by atoms with E-state index in [2.05, 4.69) is 5.32 Å². The number of nitrogens with one attached hydrogen (secondary N) is 1. The van der Waals surface area contributed by atoms with Crippen molar-refractivity contribution in [2.75, 3.05) is 5.32 Å². The van der Waals surface area contributed by atoms with Crippen LogP contribution in [0.1, 0.15) is 11.3 Å². The molecule has 0 saturated heterocycles. The van der Waals surface area contributed by atoms with Gasteiger partial charge < -0.3 is 9.73 Å². The number of rotatable bonds is 4. The van der Waals surface area contributed by atoms with Gasteiger partial charge in [0.05, 0.1) is 10.0 Å². The summed E-state index contributed by atoms with van der Waals surface area (Å²) in [5.41, 5.74) is 1.88. The van der Waals surface area contributed by atoms with Crippen molar-refractivity contribution in [1.29, 1.82) is 5.26 Å². The van der Waals surface area contributed by atoms with Crippen LogP contribution in [-0.4, -0.2) is 5.91 Å². The fraction of sp³-hybridized carbons (Fsp3) is 0.0476. The number of hydrogen-bond acceptors (Lipinski definition) is 3. The predicted molar refractivity (Wildman–Crippen MR) is 113 cm³/mol. The number of nitrogens with zero attached hydrogens (tertiary/aromatic N) is 1. The zero-order chi connectivity index (χ0) is 20.3. The number of amides is 1. The van der Waals surface area contributed by atoms with Gasteiger partial charge in [0.1, 0.15) is 23.2 Å². The molecule has 1 aromatic heterocycles. The number of halogens is 3. The van der Waals surface area contributed by atoms with Gasteiger partial charge in [-0.1, -0.05) is 40.9 Å². The first-order valence-corrected chi connectivity index (χ1v) is 9.26. The quantitative estimate of drug-likeness (QED) is 0.366. The van der Waals surface area contributed by atoms with Crippen LogP contribution in [0, 0.1) is 18.3 Å². The number of carbonyl (C=O) groups is 1. The van der Waals surface area contributed by atoms with Crippen molar-refractivity contribution < 1.29 is 9.21 Å². The Morgan fingerprint density at radius 3 is 2.57 bits per heavy atom. The Labute approximate surface area is 176 Å². The Balaban J connectivity index is 1.84. The molecule has 1 amide bonds. The maximum atomic E-state index is 12.5. The third-order valence-electron chi connectivity index (χ3n) is 4.00. The van der Waals surface area contributed by atoms with Gasteiger partial charge in [-0.25, -0.2) is 0 Å². The van der Waals surface area contributed by atoms with E-state index in [1.807, 2.05) is 6.07 Å². The second-order valence-electron chi connectivity index (χ2n) is 5.87. The van der Waals surface area contributed by atoms with E-state index in [0.717, 1.165) is 11.1 Å². The van der Waals surface area contributed by atoms with Gasteiger partial charge in [0, 0.05) is 22.3 Å². The summed E-state index contributed by atoms with van der Waals surface area (Å²) in [5.74, 6) is 0.337. The fourth-order valence-electron chi connectivity index (χ4n) is 2.46. The van der Waals surface area contributed by atoms with E-state index in [-0.39, 0.29) is 5.57 Å². The lowest BCUT2D eigenvalue weighted by Gasteiger charge is -2.08. The number of nitriles is 1. The smallest absolute Gasteiger partial charge is 0.266 e. The zero-order valence-electron chi connectivity index (χ0n) is 14.6. The normalized spacial score (nSPS) is 11.2. The molecule has 140 valence electrons. The minimum atomic E-state index is -0.555. The summed E-state index contributed by atoms with van der Waals surface area (Å²) >= 11 is 18.0. The number of furan rings is 1. The van der Waals surface area contributed by atoms with Crippen molar-refractivity contribution >= 4 is 52.5 Å². The molecule has 2 aromatic carbocycles. The van der Waals surface area contributed by atoms with Gasteiger partial charge in [-0.15, -0.1) is 0 Å². The Morgan fingerprint density at radius 2 is 1.86 bits per heavy atom.